The van der Waals surface area contributed by atoms with E-state index in [1.54, 1.807) is 0 Å². The van der Waals surface area contributed by atoms with Gasteiger partial charge in [0.15, 0.2) is 6.10 Å². The summed E-state index contributed by atoms with van der Waals surface area (Å²) >= 11 is 0. The highest BCUT2D eigenvalue weighted by Crippen LogP contribution is 2.17. The van der Waals surface area contributed by atoms with Crippen LogP contribution in [0, 0.1) is 0 Å². The third kappa shape index (κ3) is 61.2. The first kappa shape index (κ1) is 72.3. The highest BCUT2D eigenvalue weighted by molar-refractivity contribution is 5.71. The van der Waals surface area contributed by atoms with E-state index in [0.29, 0.717) is 19.3 Å². The molecule has 0 rings (SSSR count). The number of esters is 3. The number of ether oxygens (including phenoxy) is 3. The van der Waals surface area contributed by atoms with Crippen molar-refractivity contribution in [2.24, 2.45) is 0 Å². The summed E-state index contributed by atoms with van der Waals surface area (Å²) < 4.78 is 16.9. The largest absolute Gasteiger partial charge is 0.462 e. The Labute approximate surface area is 470 Å². The summed E-state index contributed by atoms with van der Waals surface area (Å²) in [5.74, 6) is -0.891. The van der Waals surface area contributed by atoms with E-state index in [1.807, 2.05) is 0 Å². The molecule has 0 radical (unpaired) electrons. The molecular formula is C70H120O6. The molecule has 0 heterocycles. The summed E-state index contributed by atoms with van der Waals surface area (Å²) in [6, 6.07) is 0. The first-order valence-corrected chi connectivity index (χ1v) is 32.2. The van der Waals surface area contributed by atoms with Crippen molar-refractivity contribution in [3.05, 3.63) is 97.2 Å². The monoisotopic (exact) mass is 1060 g/mol. The molecule has 0 saturated carbocycles. The Morgan fingerprint density at radius 2 is 0.513 bits per heavy atom. The molecule has 0 saturated heterocycles. The Kier molecular flexibility index (Phi) is 60.8. The Balaban J connectivity index is 4.39. The van der Waals surface area contributed by atoms with Crippen molar-refractivity contribution in [3.63, 3.8) is 0 Å². The molecular weight excluding hydrogens is 937 g/mol. The average Bonchev–Trinajstić information content (AvgIpc) is 3.42. The molecule has 0 aliphatic heterocycles. The SMILES string of the molecule is CC/C=C\C/C=C\C/C=C\C/C=C\C/C=C\CCCCCCCCCC(=O)OCC(COC(=O)CCCCCCCCC/C=C\C/C=C\C/C=C\CC)OC(=O)CCCCCCCCCCCCCCCCCCCC. The van der Waals surface area contributed by atoms with Gasteiger partial charge >= 0.3 is 17.9 Å². The average molecular weight is 1060 g/mol. The maximum absolute atomic E-state index is 12.9. The number of hydrogen-bond acceptors (Lipinski definition) is 6. The van der Waals surface area contributed by atoms with E-state index >= 15 is 0 Å². The van der Waals surface area contributed by atoms with Crippen LogP contribution in [0.2, 0.25) is 0 Å². The Bertz CT molecular complexity index is 1490. The lowest BCUT2D eigenvalue weighted by atomic mass is 10.0. The molecule has 0 aromatic carbocycles. The molecule has 0 aliphatic rings. The summed E-state index contributed by atoms with van der Waals surface area (Å²) in [6.45, 7) is 6.44. The number of rotatable bonds is 58. The third-order valence-corrected chi connectivity index (χ3v) is 13.8. The van der Waals surface area contributed by atoms with Gasteiger partial charge < -0.3 is 14.2 Å². The van der Waals surface area contributed by atoms with E-state index in [-0.39, 0.29) is 31.1 Å². The van der Waals surface area contributed by atoms with Crippen LogP contribution >= 0.6 is 0 Å². The van der Waals surface area contributed by atoms with Crippen molar-refractivity contribution in [1.82, 2.24) is 0 Å². The van der Waals surface area contributed by atoms with Gasteiger partial charge in [-0.25, -0.2) is 0 Å². The first-order chi connectivity index (χ1) is 37.5. The number of carbonyl (C=O) groups excluding carboxylic acids is 3. The molecule has 0 aliphatic carbocycles. The Morgan fingerprint density at radius 1 is 0.276 bits per heavy atom. The number of unbranched alkanes of at least 4 members (excludes halogenated alkanes) is 31. The Hall–Kier alpha value is -3.67. The van der Waals surface area contributed by atoms with Crippen molar-refractivity contribution in [2.75, 3.05) is 13.2 Å². The minimum Gasteiger partial charge on any atom is -0.462 e. The molecule has 436 valence electrons. The molecule has 1 atom stereocenters. The van der Waals surface area contributed by atoms with Crippen molar-refractivity contribution < 1.29 is 28.6 Å². The molecule has 0 N–H and O–H groups in total. The van der Waals surface area contributed by atoms with E-state index in [1.165, 1.54) is 148 Å². The molecule has 6 nitrogen and oxygen atoms in total. The van der Waals surface area contributed by atoms with E-state index in [0.717, 1.165) is 122 Å². The van der Waals surface area contributed by atoms with Crippen LogP contribution in [0.1, 0.15) is 310 Å². The zero-order valence-corrected chi connectivity index (χ0v) is 50.0. The van der Waals surface area contributed by atoms with Crippen LogP contribution in [-0.2, 0) is 28.6 Å². The lowest BCUT2D eigenvalue weighted by Crippen LogP contribution is -2.30. The summed E-state index contributed by atoms with van der Waals surface area (Å²) in [4.78, 5) is 38.4. The maximum Gasteiger partial charge on any atom is 0.306 e. The van der Waals surface area contributed by atoms with Crippen LogP contribution in [-0.4, -0.2) is 37.2 Å². The third-order valence-electron chi connectivity index (χ3n) is 13.8. The van der Waals surface area contributed by atoms with Gasteiger partial charge in [0, 0.05) is 19.3 Å². The van der Waals surface area contributed by atoms with Gasteiger partial charge in [-0.2, -0.15) is 0 Å². The molecule has 0 aromatic rings. The van der Waals surface area contributed by atoms with Crippen LogP contribution < -0.4 is 0 Å². The van der Waals surface area contributed by atoms with Gasteiger partial charge in [-0.05, 0) is 96.3 Å². The lowest BCUT2D eigenvalue weighted by Gasteiger charge is -2.18. The van der Waals surface area contributed by atoms with Gasteiger partial charge in [-0.15, -0.1) is 0 Å². The van der Waals surface area contributed by atoms with Crippen LogP contribution in [0.5, 0.6) is 0 Å². The molecule has 76 heavy (non-hydrogen) atoms. The number of carbonyl (C=O) groups is 3. The zero-order valence-electron chi connectivity index (χ0n) is 50.0. The van der Waals surface area contributed by atoms with E-state index < -0.39 is 6.10 Å². The maximum atomic E-state index is 12.9. The fraction of sp³-hybridized carbons (Fsp3) is 0.729. The van der Waals surface area contributed by atoms with Crippen LogP contribution in [0.15, 0.2) is 97.2 Å². The molecule has 0 aromatic heterocycles. The zero-order chi connectivity index (χ0) is 55.0. The summed E-state index contributed by atoms with van der Waals surface area (Å²) in [5, 5.41) is 0. The summed E-state index contributed by atoms with van der Waals surface area (Å²) in [6.07, 6.45) is 85.5. The summed E-state index contributed by atoms with van der Waals surface area (Å²) in [5.41, 5.74) is 0. The van der Waals surface area contributed by atoms with Gasteiger partial charge in [-0.3, -0.25) is 14.4 Å². The molecule has 0 amide bonds. The topological polar surface area (TPSA) is 78.9 Å². The lowest BCUT2D eigenvalue weighted by molar-refractivity contribution is -0.167. The van der Waals surface area contributed by atoms with Crippen molar-refractivity contribution in [3.8, 4) is 0 Å². The predicted molar refractivity (Wildman–Crippen MR) is 330 cm³/mol. The molecule has 6 heteroatoms. The van der Waals surface area contributed by atoms with Crippen molar-refractivity contribution in [1.29, 1.82) is 0 Å². The minimum absolute atomic E-state index is 0.0842. The van der Waals surface area contributed by atoms with Crippen molar-refractivity contribution in [2.45, 2.75) is 316 Å². The highest BCUT2D eigenvalue weighted by atomic mass is 16.6. The standard InChI is InChI=1S/C70H120O6/c1-4-7-10-13-16-19-22-25-28-31-33-34-35-36-37-40-42-45-48-51-54-57-60-63-69(72)75-66-67(65-74-68(71)62-59-56-53-50-47-44-41-38-30-27-24-21-18-15-12-9-6-3)76-70(73)64-61-58-55-52-49-46-43-39-32-29-26-23-20-17-14-11-8-5-2/h7,9-10,12,16,18-19,21,25,27-28,30,33-34,36-37,67H,4-6,8,11,13-15,17,20,22-24,26,29,31-32,35,38-66H2,1-3H3/b10-7-,12-9-,19-16-,21-18-,28-25-,30-27-,34-33-,37-36-. The fourth-order valence-corrected chi connectivity index (χ4v) is 9.07. The quantitative estimate of drug-likeness (QED) is 0.0261. The van der Waals surface area contributed by atoms with E-state index in [2.05, 4.69) is 118 Å². The van der Waals surface area contributed by atoms with Crippen molar-refractivity contribution >= 4 is 17.9 Å². The summed E-state index contributed by atoms with van der Waals surface area (Å²) in [7, 11) is 0. The number of allylic oxidation sites excluding steroid dienone is 16. The fourth-order valence-electron chi connectivity index (χ4n) is 9.07. The molecule has 0 fully saturated rings. The first-order valence-electron chi connectivity index (χ1n) is 32.2. The minimum atomic E-state index is -0.787. The van der Waals surface area contributed by atoms with E-state index in [9.17, 15) is 14.4 Å². The Morgan fingerprint density at radius 3 is 0.803 bits per heavy atom. The van der Waals surface area contributed by atoms with Gasteiger partial charge in [0.25, 0.3) is 0 Å². The smallest absolute Gasteiger partial charge is 0.306 e. The molecule has 0 spiro atoms. The van der Waals surface area contributed by atoms with Gasteiger partial charge in [0.1, 0.15) is 13.2 Å². The normalized spacial score (nSPS) is 12.7. The molecule has 1 unspecified atom stereocenters. The molecule has 0 bridgehead atoms. The second-order valence-corrected chi connectivity index (χ2v) is 21.3. The van der Waals surface area contributed by atoms with Gasteiger partial charge in [0.05, 0.1) is 0 Å². The van der Waals surface area contributed by atoms with Crippen LogP contribution in [0.4, 0.5) is 0 Å². The van der Waals surface area contributed by atoms with Gasteiger partial charge in [0.2, 0.25) is 0 Å². The second-order valence-electron chi connectivity index (χ2n) is 21.3. The highest BCUT2D eigenvalue weighted by Gasteiger charge is 2.19. The number of hydrogen-bond donors (Lipinski definition) is 0. The van der Waals surface area contributed by atoms with Gasteiger partial charge in [-0.1, -0.05) is 291 Å². The van der Waals surface area contributed by atoms with Crippen LogP contribution in [0.25, 0.3) is 0 Å². The second kappa shape index (κ2) is 63.9. The van der Waals surface area contributed by atoms with E-state index in [4.69, 9.17) is 14.2 Å². The predicted octanol–water partition coefficient (Wildman–Crippen LogP) is 22.0. The van der Waals surface area contributed by atoms with Crippen LogP contribution in [0.3, 0.4) is 0 Å².